The number of aliphatic hydroxyl groups excluding tert-OH is 1. The smallest absolute Gasteiger partial charge is 0.242 e. The molecule has 1 aliphatic carbocycles. The van der Waals surface area contributed by atoms with E-state index in [1.165, 1.54) is 75.1 Å². The lowest BCUT2D eigenvalue weighted by molar-refractivity contribution is -0.437. The molecule has 0 spiro atoms. The van der Waals surface area contributed by atoms with Crippen LogP contribution in [0.2, 0.25) is 0 Å². The Kier molecular flexibility index (Phi) is 49.6. The molecule has 0 aromatic heterocycles. The third-order valence-electron chi connectivity index (χ3n) is 18.1. The van der Waals surface area contributed by atoms with E-state index in [1.54, 1.807) is 113 Å². The van der Waals surface area contributed by atoms with Crippen molar-refractivity contribution in [2.75, 3.05) is 17.3 Å². The van der Waals surface area contributed by atoms with Crippen molar-refractivity contribution < 1.29 is 159 Å². The highest BCUT2D eigenvalue weighted by Crippen LogP contribution is 2.26. The number of nitrogens with zero attached hydrogens (tertiary/aromatic N) is 1. The molecule has 0 heterocycles. The van der Waals surface area contributed by atoms with Gasteiger partial charge in [0.15, 0.2) is 21.4 Å². The van der Waals surface area contributed by atoms with Gasteiger partial charge in [-0.2, -0.15) is 0 Å². The topological polar surface area (TPSA) is 687 Å². The lowest BCUT2D eigenvalue weighted by atomic mass is 9.94. The second-order valence-electron chi connectivity index (χ2n) is 29.9. The number of hydrogen-bond donors (Lipinski definition) is 8. The van der Waals surface area contributed by atoms with Gasteiger partial charge in [-0.1, -0.05) is 154 Å². The van der Waals surface area contributed by atoms with Crippen LogP contribution in [-0.2, 0) is 128 Å². The normalized spacial score (nSPS) is 13.8. The number of Topliss-reactive ketones (excluding diaryl/α,β-unsaturated/α-hetero) is 9. The summed E-state index contributed by atoms with van der Waals surface area (Å²) in [4.78, 5) is 182. The van der Waals surface area contributed by atoms with Crippen molar-refractivity contribution in [3.8, 4) is 0 Å². The first-order valence-electron chi connectivity index (χ1n) is 39.7. The van der Waals surface area contributed by atoms with E-state index in [4.69, 9.17) is 10.8 Å². The van der Waals surface area contributed by atoms with Crippen LogP contribution in [0.15, 0.2) is 190 Å². The summed E-state index contributed by atoms with van der Waals surface area (Å²) in [6, 6.07) is 41.8. The fourth-order valence-corrected chi connectivity index (χ4v) is 13.9. The minimum atomic E-state index is -3.61. The fraction of sp³-hybridized carbons (Fsp3) is 0.344. The van der Waals surface area contributed by atoms with Crippen LogP contribution in [0, 0.1) is 11.8 Å². The van der Waals surface area contributed by atoms with Crippen LogP contribution in [0.5, 0.6) is 0 Å². The van der Waals surface area contributed by atoms with Crippen LogP contribution in [0.3, 0.4) is 0 Å². The summed E-state index contributed by atoms with van der Waals surface area (Å²) < 4.78 is 35.2. The number of carboxylic acids is 6. The second-order valence-corrected chi connectivity index (χ2v) is 34.4. The largest absolute Gasteiger partial charge is 0.544 e. The molecule has 7 aromatic carbocycles. The Bertz CT molecular complexity index is 5090. The van der Waals surface area contributed by atoms with Crippen LogP contribution in [0.25, 0.3) is 0 Å². The van der Waals surface area contributed by atoms with Gasteiger partial charge in [0.25, 0.3) is 0 Å². The summed E-state index contributed by atoms with van der Waals surface area (Å²) in [6.07, 6.45) is 4.79. The molecule has 0 bridgehead atoms. The molecular formula is C90H110N8O26S3. The third kappa shape index (κ3) is 44.5. The number of carboxylic acid groups (broad SMARTS) is 6. The number of aliphatic hydroxyl groups is 1. The van der Waals surface area contributed by atoms with Gasteiger partial charge in [0.2, 0.25) is 17.5 Å². The Hall–Kier alpha value is -12.1. The number of thioether (sulfide) groups is 1. The number of aliphatic carboxylic acids is 6. The number of sulfone groups is 1. The van der Waals surface area contributed by atoms with Gasteiger partial charge in [0.05, 0.1) is 75.4 Å². The van der Waals surface area contributed by atoms with Gasteiger partial charge in [-0.15, -0.1) is 11.8 Å². The van der Waals surface area contributed by atoms with Crippen molar-refractivity contribution in [2.45, 2.75) is 183 Å². The fourth-order valence-electron chi connectivity index (χ4n) is 11.0. The summed E-state index contributed by atoms with van der Waals surface area (Å²) in [5.41, 5.74) is 33.7. The van der Waals surface area contributed by atoms with Crippen molar-refractivity contribution in [3.05, 3.63) is 231 Å². The molecule has 8 rings (SSSR count). The zero-order valence-electron chi connectivity index (χ0n) is 71.7. The van der Waals surface area contributed by atoms with Gasteiger partial charge in [-0.3, -0.25) is 52.2 Å². The highest BCUT2D eigenvalue weighted by molar-refractivity contribution is 8.00. The Labute approximate surface area is 741 Å². The average Bonchev–Trinajstić information content (AvgIpc) is 1.82. The van der Waals surface area contributed by atoms with E-state index in [0.29, 0.717) is 65.0 Å². The second kappa shape index (κ2) is 56.8. The summed E-state index contributed by atoms with van der Waals surface area (Å²) >= 11 is 1.47. The average molecular weight is 1820 g/mol. The van der Waals surface area contributed by atoms with E-state index in [1.807, 2.05) is 48.5 Å². The molecular weight excluding hydrogens is 1710 g/mol. The van der Waals surface area contributed by atoms with Crippen molar-refractivity contribution in [1.82, 2.24) is 0 Å². The molecule has 684 valence electrons. The van der Waals surface area contributed by atoms with Gasteiger partial charge in [0.1, 0.15) is 77.1 Å². The Balaban J connectivity index is 0.000000502. The monoisotopic (exact) mass is 1810 g/mol. The number of quaternary nitrogens is 6. The lowest BCUT2D eigenvalue weighted by Gasteiger charge is -2.10. The van der Waals surface area contributed by atoms with E-state index in [0.717, 1.165) is 50.3 Å². The summed E-state index contributed by atoms with van der Waals surface area (Å²) in [5, 5.41) is 72.3. The van der Waals surface area contributed by atoms with E-state index < -0.39 is 128 Å². The van der Waals surface area contributed by atoms with Crippen molar-refractivity contribution in [1.29, 1.82) is 0 Å². The molecule has 9 atom stereocenters. The number of rotatable bonds is 39. The maximum absolute atomic E-state index is 12.2. The molecule has 21 N–H and O–H groups in total. The minimum absolute atomic E-state index is 0.00362. The van der Waals surface area contributed by atoms with Crippen molar-refractivity contribution in [3.63, 3.8) is 0 Å². The number of aliphatic imine (C=N–C) groups is 1. The minimum Gasteiger partial charge on any atom is -0.544 e. The number of nitrogens with two attached hydrogens (primary N) is 1. The van der Waals surface area contributed by atoms with Gasteiger partial charge < -0.3 is 105 Å². The van der Waals surface area contributed by atoms with E-state index in [2.05, 4.69) is 39.4 Å². The van der Waals surface area contributed by atoms with Gasteiger partial charge in [0, 0.05) is 103 Å². The zero-order chi connectivity index (χ0) is 96.1. The SMILES string of the molecule is CC(=O)CS(=O)(=O)c1ccc(C[C@H]([NH3+])C(=O)[O-])cc1.CC(=O)CS(=O)c1ccc(C[C@H]([NH3+])C(=O)[O-])cc1.CC(=O)CSc1ccc(C[C@H]([NH3+])C(=O)[O-])cc1.CC(=O)N=Cc1ccc(CC(N)O)cc1.CC(C)C(=O)C(=O)c1ccc(C[C@H]([NH3+])C(=O)[O-])cc1.CCC(=O)CC(=O)c1ccc(C[C@H]([NH3+])C(=O)[O-])cc1.[NH3+][C@@H](Cc1ccc(C(=O)C2CCCC2=O)cc1)C(=O)[O-]. The Morgan fingerprint density at radius 1 is 0.496 bits per heavy atom. The van der Waals surface area contributed by atoms with E-state index in [-0.39, 0.29) is 95.7 Å². The van der Waals surface area contributed by atoms with Crippen molar-refractivity contribution in [2.24, 2.45) is 22.6 Å². The quantitative estimate of drug-likeness (QED) is 0.00443. The molecule has 37 heteroatoms. The maximum Gasteiger partial charge on any atom is 0.242 e. The van der Waals surface area contributed by atoms with Gasteiger partial charge in [-0.25, -0.2) is 13.4 Å². The van der Waals surface area contributed by atoms with Crippen molar-refractivity contribution >= 4 is 132 Å². The third-order valence-corrected chi connectivity index (χ3v) is 22.5. The first-order valence-corrected chi connectivity index (χ1v) is 43.7. The number of carbonyl (C=O) groups is 16. The predicted octanol–water partition coefficient (Wildman–Crippen LogP) is -6.74. The standard InChI is InChI=1S/C15H17NO4.2C14H17NO4.C12H15NO5S.C12H15NO4S.C12H15NO3S.C11H14N2O2/c16-12(15(19)20)8-9-4-6-10(7-5-9)14(18)11-2-1-3-13(11)17;1-8(2)12(16)13(17)10-5-3-9(4-6-10)7-11(15)14(18)19;1-2-11(16)8-13(17)10-5-3-9(4-6-10)7-12(15)14(18)19;1-8(14)7-19(17,18)10-4-2-9(3-5-10)6-11(13)12(15)16;1-8(14)7-18(17)10-4-2-9(3-5-10)6-11(13)12(15)16;1-8(14)7-17-10-4-2-9(3-5-10)6-11(13)12(15)16;1-8(14)13-7-10-4-2-9(3-5-10)6-11(12)15/h4-7,11-12H,1-3,8,16H2,(H,19,20);3-6,8,11H,7,15H2,1-2H3,(H,18,19);3-6,12H,2,7-8,15H2,1H3,(H,18,19);2-5,11H,6-7,13H2,1H3,(H,15,16);2-5,11H,6-7,13H2,1H3,(H,15,16);2-5,11H,6-7,13H2,1H3,(H,15,16);2-5,7,11,15H,6,12H2,1H3/t11?,12-;11-;12-;11-;11-,18?;11-;/m000000./s1. The molecule has 0 aliphatic heterocycles. The van der Waals surface area contributed by atoms with Gasteiger partial charge in [-0.05, 0) is 115 Å². The number of hydrogen-bond acceptors (Lipinski definition) is 28. The Morgan fingerprint density at radius 3 is 1.17 bits per heavy atom. The van der Waals surface area contributed by atoms with Crippen LogP contribution in [0.1, 0.15) is 156 Å². The van der Waals surface area contributed by atoms with Crippen LogP contribution in [-0.4, -0.2) is 177 Å². The molecule has 1 amide bonds. The van der Waals surface area contributed by atoms with Gasteiger partial charge >= 0.3 is 0 Å². The number of amides is 1. The summed E-state index contributed by atoms with van der Waals surface area (Å²) in [6.45, 7) is 10.6. The zero-order valence-corrected chi connectivity index (χ0v) is 74.1. The van der Waals surface area contributed by atoms with Crippen LogP contribution in [0.4, 0.5) is 0 Å². The molecule has 0 radical (unpaired) electrons. The highest BCUT2D eigenvalue weighted by atomic mass is 32.2. The summed E-state index contributed by atoms with van der Waals surface area (Å²) in [5.74, 6) is -10.2. The molecule has 34 nitrogen and oxygen atoms in total. The number of carbonyl (C=O) groups excluding carboxylic acids is 16. The first-order chi connectivity index (χ1) is 59.4. The van der Waals surface area contributed by atoms with Crippen LogP contribution >= 0.6 is 11.8 Å². The van der Waals surface area contributed by atoms with E-state index >= 15 is 0 Å². The maximum atomic E-state index is 12.2. The van der Waals surface area contributed by atoms with Crippen LogP contribution < -0.4 is 70.8 Å². The lowest BCUT2D eigenvalue weighted by Crippen LogP contribution is -2.69. The molecule has 7 aromatic rings. The summed E-state index contributed by atoms with van der Waals surface area (Å²) in [7, 11) is -4.95. The highest BCUT2D eigenvalue weighted by Gasteiger charge is 2.32. The molecule has 127 heavy (non-hydrogen) atoms. The first kappa shape index (κ1) is 111. The molecule has 1 fully saturated rings. The molecule has 3 unspecified atom stereocenters. The molecule has 1 aliphatic rings. The van der Waals surface area contributed by atoms with E-state index in [9.17, 15) is 120 Å². The predicted molar refractivity (Wildman–Crippen MR) is 451 cm³/mol. The molecule has 1 saturated carbocycles. The molecule has 0 saturated heterocycles. The Morgan fingerprint density at radius 2 is 0.843 bits per heavy atom. The number of ketones is 9. The number of benzene rings is 7.